The molecule has 1 unspecified atom stereocenters. The fraction of sp³-hybridized carbons (Fsp3) is 0.231. The van der Waals surface area contributed by atoms with E-state index in [-0.39, 0.29) is 5.92 Å². The van der Waals surface area contributed by atoms with Crippen LogP contribution in [0.15, 0.2) is 72.2 Å². The van der Waals surface area contributed by atoms with Crippen molar-refractivity contribution in [3.63, 3.8) is 0 Å². The van der Waals surface area contributed by atoms with Gasteiger partial charge in [-0.3, -0.25) is 4.98 Å². The van der Waals surface area contributed by atoms with Crippen molar-refractivity contribution in [3.05, 3.63) is 100 Å². The van der Waals surface area contributed by atoms with Crippen molar-refractivity contribution in [2.45, 2.75) is 25.2 Å². The minimum Gasteiger partial charge on any atom is -0.497 e. The Balaban J connectivity index is 1.45. The van der Waals surface area contributed by atoms with Crippen LogP contribution in [0.2, 0.25) is 0 Å². The van der Waals surface area contributed by atoms with Gasteiger partial charge in [-0.2, -0.15) is 0 Å². The van der Waals surface area contributed by atoms with E-state index in [1.54, 1.807) is 14.2 Å². The molecule has 0 saturated heterocycles. The Morgan fingerprint density at radius 1 is 0.844 bits per heavy atom. The van der Waals surface area contributed by atoms with E-state index in [2.05, 4.69) is 41.4 Å². The van der Waals surface area contributed by atoms with Crippen LogP contribution in [0.25, 0.3) is 0 Å². The summed E-state index contributed by atoms with van der Waals surface area (Å²) in [6.45, 7) is 0. The molecule has 6 heteroatoms. The summed E-state index contributed by atoms with van der Waals surface area (Å²) in [6.07, 6.45) is 4.64. The van der Waals surface area contributed by atoms with Gasteiger partial charge in [-0.1, -0.05) is 30.3 Å². The smallest absolute Gasteiger partial charge is 0.180 e. The molecule has 4 rings (SSSR count). The highest BCUT2D eigenvalue weighted by atomic mass is 32.1. The topological polar surface area (TPSA) is 70.3 Å². The Labute approximate surface area is 192 Å². The first kappa shape index (κ1) is 21.8. The zero-order valence-electron chi connectivity index (χ0n) is 18.3. The minimum atomic E-state index is 0.112. The third-order valence-corrected chi connectivity index (χ3v) is 6.26. The first-order chi connectivity index (χ1) is 15.6. The van der Waals surface area contributed by atoms with Gasteiger partial charge in [-0.25, -0.2) is 4.98 Å². The molecule has 2 aromatic carbocycles. The second-order valence-corrected chi connectivity index (χ2v) is 8.54. The number of pyridine rings is 1. The van der Waals surface area contributed by atoms with E-state index in [1.807, 2.05) is 35.8 Å². The number of rotatable bonds is 9. The van der Waals surface area contributed by atoms with E-state index < -0.39 is 0 Å². The third-order valence-electron chi connectivity index (χ3n) is 5.57. The summed E-state index contributed by atoms with van der Waals surface area (Å²) in [4.78, 5) is 9.27. The van der Waals surface area contributed by atoms with Crippen LogP contribution in [0, 0.1) is 0 Å². The van der Waals surface area contributed by atoms with Gasteiger partial charge in [0.25, 0.3) is 0 Å². The maximum absolute atomic E-state index is 5.92. The van der Waals surface area contributed by atoms with Crippen LogP contribution in [0.4, 0.5) is 5.13 Å². The van der Waals surface area contributed by atoms with Gasteiger partial charge in [-0.15, -0.1) is 11.3 Å². The van der Waals surface area contributed by atoms with Gasteiger partial charge < -0.3 is 15.2 Å². The highest BCUT2D eigenvalue weighted by Crippen LogP contribution is 2.31. The molecule has 0 aliphatic rings. The zero-order valence-corrected chi connectivity index (χ0v) is 19.1. The SMILES string of the molecule is COc1ccc(CCc2ccc(CC(c3ccc(OC)cc3)c3csc(N)n3)cn2)cc1. The molecule has 0 radical (unpaired) electrons. The molecular formula is C26H27N3O2S. The number of methoxy groups -OCH3 is 2. The van der Waals surface area contributed by atoms with E-state index in [9.17, 15) is 0 Å². The first-order valence-corrected chi connectivity index (χ1v) is 11.4. The number of thiazole rings is 1. The number of anilines is 1. The molecule has 0 amide bonds. The lowest BCUT2D eigenvalue weighted by atomic mass is 9.90. The monoisotopic (exact) mass is 445 g/mol. The van der Waals surface area contributed by atoms with Gasteiger partial charge in [0.05, 0.1) is 19.9 Å². The molecule has 2 heterocycles. The summed E-state index contributed by atoms with van der Waals surface area (Å²) in [6, 6.07) is 20.6. The molecule has 2 aromatic heterocycles. The second kappa shape index (κ2) is 10.3. The molecule has 5 nitrogen and oxygen atoms in total. The predicted octanol–water partition coefficient (Wildman–Crippen LogP) is 5.30. The molecule has 0 saturated carbocycles. The number of hydrogen-bond donors (Lipinski definition) is 1. The maximum Gasteiger partial charge on any atom is 0.180 e. The second-order valence-electron chi connectivity index (χ2n) is 7.65. The summed E-state index contributed by atoms with van der Waals surface area (Å²) in [7, 11) is 3.36. The van der Waals surface area contributed by atoms with Crippen molar-refractivity contribution < 1.29 is 9.47 Å². The summed E-state index contributed by atoms with van der Waals surface area (Å²) >= 11 is 1.47. The molecule has 164 valence electrons. The lowest BCUT2D eigenvalue weighted by Gasteiger charge is -2.16. The van der Waals surface area contributed by atoms with Crippen LogP contribution in [-0.4, -0.2) is 24.2 Å². The number of nitrogens with two attached hydrogens (primary N) is 1. The van der Waals surface area contributed by atoms with E-state index in [4.69, 9.17) is 20.2 Å². The van der Waals surface area contributed by atoms with Gasteiger partial charge in [0.2, 0.25) is 0 Å². The van der Waals surface area contributed by atoms with Gasteiger partial charge in [-0.05, 0) is 66.3 Å². The molecule has 4 aromatic rings. The highest BCUT2D eigenvalue weighted by Gasteiger charge is 2.18. The number of aromatic nitrogens is 2. The fourth-order valence-corrected chi connectivity index (χ4v) is 4.33. The van der Waals surface area contributed by atoms with E-state index in [0.717, 1.165) is 42.1 Å². The summed E-state index contributed by atoms with van der Waals surface area (Å²) in [5.41, 5.74) is 11.6. The fourth-order valence-electron chi connectivity index (χ4n) is 3.71. The molecule has 0 aliphatic heterocycles. The maximum atomic E-state index is 5.92. The van der Waals surface area contributed by atoms with Crippen molar-refractivity contribution in [3.8, 4) is 11.5 Å². The van der Waals surface area contributed by atoms with Crippen molar-refractivity contribution >= 4 is 16.5 Å². The van der Waals surface area contributed by atoms with Gasteiger partial charge in [0, 0.05) is 23.2 Å². The molecule has 0 spiro atoms. The molecule has 2 N–H and O–H groups in total. The summed E-state index contributed by atoms with van der Waals surface area (Å²) in [5.74, 6) is 1.83. The third kappa shape index (κ3) is 5.45. The van der Waals surface area contributed by atoms with Crippen LogP contribution in [0.5, 0.6) is 11.5 Å². The Morgan fingerprint density at radius 3 is 2.06 bits per heavy atom. The zero-order chi connectivity index (χ0) is 22.3. The Bertz CT molecular complexity index is 1120. The quantitative estimate of drug-likeness (QED) is 0.379. The molecule has 0 fully saturated rings. The number of aryl methyl sites for hydroxylation is 2. The number of nitrogen functional groups attached to an aromatic ring is 1. The summed E-state index contributed by atoms with van der Waals surface area (Å²) < 4.78 is 10.5. The van der Waals surface area contributed by atoms with E-state index >= 15 is 0 Å². The average Bonchev–Trinajstić information content (AvgIpc) is 3.28. The van der Waals surface area contributed by atoms with E-state index in [0.29, 0.717) is 5.13 Å². The number of ether oxygens (including phenoxy) is 2. The van der Waals surface area contributed by atoms with Crippen molar-refractivity contribution in [2.75, 3.05) is 20.0 Å². The normalized spacial score (nSPS) is 11.8. The van der Waals surface area contributed by atoms with Gasteiger partial charge in [0.1, 0.15) is 11.5 Å². The molecule has 1 atom stereocenters. The first-order valence-electron chi connectivity index (χ1n) is 10.6. The van der Waals surface area contributed by atoms with Crippen LogP contribution >= 0.6 is 11.3 Å². The standard InChI is InChI=1S/C26H27N3O2S/c1-30-22-11-5-18(6-12-22)3-9-21-10-4-19(16-28-21)15-24(25-17-32-26(27)29-25)20-7-13-23(31-2)14-8-20/h4-8,10-14,16-17,24H,3,9,15H2,1-2H3,(H2,27,29). The Morgan fingerprint density at radius 2 is 1.50 bits per heavy atom. The number of hydrogen-bond acceptors (Lipinski definition) is 6. The number of benzene rings is 2. The Hall–Kier alpha value is -3.38. The highest BCUT2D eigenvalue weighted by molar-refractivity contribution is 7.13. The number of nitrogens with zero attached hydrogens (tertiary/aromatic N) is 2. The van der Waals surface area contributed by atoms with Crippen molar-refractivity contribution in [1.29, 1.82) is 0 Å². The molecular weight excluding hydrogens is 418 g/mol. The van der Waals surface area contributed by atoms with E-state index in [1.165, 1.54) is 28.0 Å². The lowest BCUT2D eigenvalue weighted by molar-refractivity contribution is 0.414. The van der Waals surface area contributed by atoms with Crippen molar-refractivity contribution in [2.24, 2.45) is 0 Å². The Kier molecular flexibility index (Phi) is 7.02. The van der Waals surface area contributed by atoms with Crippen LogP contribution in [0.3, 0.4) is 0 Å². The molecule has 32 heavy (non-hydrogen) atoms. The van der Waals surface area contributed by atoms with Gasteiger partial charge >= 0.3 is 0 Å². The molecule has 0 bridgehead atoms. The largest absolute Gasteiger partial charge is 0.497 e. The molecule has 0 aliphatic carbocycles. The van der Waals surface area contributed by atoms with Gasteiger partial charge in [0.15, 0.2) is 5.13 Å². The minimum absolute atomic E-state index is 0.112. The summed E-state index contributed by atoms with van der Waals surface area (Å²) in [5, 5.41) is 2.63. The predicted molar refractivity (Wildman–Crippen MR) is 130 cm³/mol. The van der Waals surface area contributed by atoms with Crippen LogP contribution < -0.4 is 15.2 Å². The lowest BCUT2D eigenvalue weighted by Crippen LogP contribution is -2.07. The average molecular weight is 446 g/mol. The van der Waals surface area contributed by atoms with Crippen LogP contribution in [-0.2, 0) is 19.3 Å². The van der Waals surface area contributed by atoms with Crippen LogP contribution in [0.1, 0.15) is 34.0 Å². The van der Waals surface area contributed by atoms with Crippen molar-refractivity contribution in [1.82, 2.24) is 9.97 Å².